The SMILES string of the molecule is CCCOCOC(C)=O.O=C(O)C(=O)O. The molecule has 0 fully saturated rings. The van der Waals surface area contributed by atoms with Crippen LogP contribution >= 0.6 is 0 Å². The Morgan fingerprint density at radius 2 is 1.60 bits per heavy atom. The summed E-state index contributed by atoms with van der Waals surface area (Å²) in [7, 11) is 0. The number of rotatable bonds is 4. The number of ether oxygens (including phenoxy) is 2. The van der Waals surface area contributed by atoms with Crippen molar-refractivity contribution >= 4 is 17.9 Å². The maximum Gasteiger partial charge on any atom is 0.414 e. The van der Waals surface area contributed by atoms with E-state index < -0.39 is 11.9 Å². The lowest BCUT2D eigenvalue weighted by Crippen LogP contribution is -2.09. The fraction of sp³-hybridized carbons (Fsp3) is 0.625. The highest BCUT2D eigenvalue weighted by atomic mass is 16.7. The van der Waals surface area contributed by atoms with Gasteiger partial charge in [0.2, 0.25) is 0 Å². The second-order valence-electron chi connectivity index (χ2n) is 2.27. The Morgan fingerprint density at radius 1 is 1.13 bits per heavy atom. The van der Waals surface area contributed by atoms with Gasteiger partial charge in [0.25, 0.3) is 0 Å². The third kappa shape index (κ3) is 19.0. The molecule has 0 saturated heterocycles. The molecule has 0 heterocycles. The van der Waals surface area contributed by atoms with E-state index in [-0.39, 0.29) is 12.8 Å². The molecule has 0 spiro atoms. The van der Waals surface area contributed by atoms with Crippen molar-refractivity contribution in [3.8, 4) is 0 Å². The summed E-state index contributed by atoms with van der Waals surface area (Å²) in [6.07, 6.45) is 0.946. The average molecular weight is 222 g/mol. The first-order chi connectivity index (χ1) is 6.91. The van der Waals surface area contributed by atoms with Crippen LogP contribution in [0.25, 0.3) is 0 Å². The number of aliphatic carboxylic acids is 2. The molecule has 0 saturated carbocycles. The van der Waals surface area contributed by atoms with Crippen LogP contribution in [-0.4, -0.2) is 41.5 Å². The molecule has 0 aliphatic carbocycles. The predicted molar refractivity (Wildman–Crippen MR) is 48.1 cm³/mol. The molecule has 7 nitrogen and oxygen atoms in total. The third-order valence-corrected chi connectivity index (χ3v) is 0.877. The molecule has 0 aromatic rings. The van der Waals surface area contributed by atoms with Crippen molar-refractivity contribution in [2.45, 2.75) is 20.3 Å². The first-order valence-corrected chi connectivity index (χ1v) is 4.09. The monoisotopic (exact) mass is 222 g/mol. The molecule has 0 aliphatic heterocycles. The second-order valence-corrected chi connectivity index (χ2v) is 2.27. The number of carbonyl (C=O) groups is 3. The van der Waals surface area contributed by atoms with E-state index in [2.05, 4.69) is 4.74 Å². The van der Waals surface area contributed by atoms with Crippen LogP contribution in [-0.2, 0) is 23.9 Å². The molecule has 0 atom stereocenters. The predicted octanol–water partition coefficient (Wildman–Crippen LogP) is 0.0892. The van der Waals surface area contributed by atoms with Crippen LogP contribution in [0, 0.1) is 0 Å². The summed E-state index contributed by atoms with van der Waals surface area (Å²) >= 11 is 0. The van der Waals surface area contributed by atoms with Crippen LogP contribution in [0.2, 0.25) is 0 Å². The number of hydrogen-bond acceptors (Lipinski definition) is 5. The van der Waals surface area contributed by atoms with E-state index in [1.54, 1.807) is 0 Å². The highest BCUT2D eigenvalue weighted by Crippen LogP contribution is 1.81. The number of carboxylic acids is 2. The van der Waals surface area contributed by atoms with Gasteiger partial charge in [0.15, 0.2) is 6.79 Å². The fourth-order valence-corrected chi connectivity index (χ4v) is 0.328. The molecule has 2 N–H and O–H groups in total. The Kier molecular flexibility index (Phi) is 11.0. The van der Waals surface area contributed by atoms with Gasteiger partial charge in [-0.1, -0.05) is 6.92 Å². The molecule has 0 rings (SSSR count). The van der Waals surface area contributed by atoms with Crippen molar-refractivity contribution in [1.82, 2.24) is 0 Å². The molecular formula is C8H14O7. The van der Waals surface area contributed by atoms with Crippen molar-refractivity contribution in [1.29, 1.82) is 0 Å². The van der Waals surface area contributed by atoms with Gasteiger partial charge in [-0.2, -0.15) is 0 Å². The summed E-state index contributed by atoms with van der Waals surface area (Å²) in [6.45, 7) is 4.08. The topological polar surface area (TPSA) is 110 Å². The summed E-state index contributed by atoms with van der Waals surface area (Å²) in [4.78, 5) is 28.3. The first-order valence-electron chi connectivity index (χ1n) is 4.09. The minimum absolute atomic E-state index is 0.0865. The van der Waals surface area contributed by atoms with Crippen LogP contribution < -0.4 is 0 Å². The molecule has 0 aliphatic rings. The molecule has 0 amide bonds. The van der Waals surface area contributed by atoms with Gasteiger partial charge in [-0.25, -0.2) is 9.59 Å². The van der Waals surface area contributed by atoms with Crippen molar-refractivity contribution < 1.29 is 34.1 Å². The lowest BCUT2D eigenvalue weighted by molar-refractivity contribution is -0.159. The highest BCUT2D eigenvalue weighted by Gasteiger charge is 2.04. The molecule has 0 bridgehead atoms. The smallest absolute Gasteiger partial charge is 0.414 e. The summed E-state index contributed by atoms with van der Waals surface area (Å²) in [6, 6.07) is 0. The largest absolute Gasteiger partial charge is 0.473 e. The molecular weight excluding hydrogens is 208 g/mol. The Labute approximate surface area is 86.6 Å². The van der Waals surface area contributed by atoms with Crippen LogP contribution in [0.5, 0.6) is 0 Å². The lowest BCUT2D eigenvalue weighted by Gasteiger charge is -2.00. The zero-order valence-electron chi connectivity index (χ0n) is 8.56. The zero-order valence-corrected chi connectivity index (χ0v) is 8.56. The standard InChI is InChI=1S/C6H12O3.C2H2O4/c1-3-4-8-5-9-6(2)7;3-1(4)2(5)6/h3-5H2,1-2H3;(H,3,4)(H,5,6). The van der Waals surface area contributed by atoms with Crippen LogP contribution in [0.15, 0.2) is 0 Å². The van der Waals surface area contributed by atoms with E-state index in [1.165, 1.54) is 6.92 Å². The normalized spacial score (nSPS) is 8.40. The quantitative estimate of drug-likeness (QED) is 0.300. The number of hydrogen-bond donors (Lipinski definition) is 2. The van der Waals surface area contributed by atoms with E-state index in [0.717, 1.165) is 6.42 Å². The van der Waals surface area contributed by atoms with Crippen LogP contribution in [0.3, 0.4) is 0 Å². The van der Waals surface area contributed by atoms with Crippen LogP contribution in [0.4, 0.5) is 0 Å². The molecule has 0 unspecified atom stereocenters. The van der Waals surface area contributed by atoms with Gasteiger partial charge in [0.1, 0.15) is 0 Å². The van der Waals surface area contributed by atoms with Gasteiger partial charge >= 0.3 is 17.9 Å². The number of esters is 1. The molecule has 15 heavy (non-hydrogen) atoms. The molecule has 0 aromatic heterocycles. The highest BCUT2D eigenvalue weighted by molar-refractivity contribution is 6.27. The van der Waals surface area contributed by atoms with Gasteiger partial charge in [-0.05, 0) is 6.42 Å². The van der Waals surface area contributed by atoms with E-state index in [4.69, 9.17) is 24.5 Å². The zero-order chi connectivity index (χ0) is 12.3. The van der Waals surface area contributed by atoms with E-state index in [9.17, 15) is 4.79 Å². The molecule has 0 radical (unpaired) electrons. The van der Waals surface area contributed by atoms with E-state index in [0.29, 0.717) is 6.61 Å². The third-order valence-electron chi connectivity index (χ3n) is 0.877. The number of carbonyl (C=O) groups excluding carboxylic acids is 1. The maximum atomic E-state index is 10.1. The van der Waals surface area contributed by atoms with Gasteiger partial charge in [0, 0.05) is 6.92 Å². The van der Waals surface area contributed by atoms with Gasteiger partial charge in [-0.15, -0.1) is 0 Å². The second kappa shape index (κ2) is 10.5. The number of carboxylic acid groups (broad SMARTS) is 2. The van der Waals surface area contributed by atoms with Crippen molar-refractivity contribution in [3.63, 3.8) is 0 Å². The fourth-order valence-electron chi connectivity index (χ4n) is 0.328. The minimum atomic E-state index is -1.82. The lowest BCUT2D eigenvalue weighted by atomic mass is 10.5. The molecule has 7 heteroatoms. The van der Waals surface area contributed by atoms with Gasteiger partial charge in [-0.3, -0.25) is 4.79 Å². The molecule has 88 valence electrons. The van der Waals surface area contributed by atoms with Gasteiger partial charge in [0.05, 0.1) is 6.61 Å². The Balaban J connectivity index is 0. The van der Waals surface area contributed by atoms with E-state index in [1.807, 2.05) is 6.92 Å². The summed E-state index contributed by atoms with van der Waals surface area (Å²) < 4.78 is 9.33. The van der Waals surface area contributed by atoms with Crippen molar-refractivity contribution in [2.24, 2.45) is 0 Å². The van der Waals surface area contributed by atoms with Crippen molar-refractivity contribution in [2.75, 3.05) is 13.4 Å². The van der Waals surface area contributed by atoms with E-state index >= 15 is 0 Å². The first kappa shape index (κ1) is 15.8. The van der Waals surface area contributed by atoms with Crippen molar-refractivity contribution in [3.05, 3.63) is 0 Å². The minimum Gasteiger partial charge on any atom is -0.473 e. The summed E-state index contributed by atoms with van der Waals surface area (Å²) in [5.41, 5.74) is 0. The Hall–Kier alpha value is -1.63. The Morgan fingerprint density at radius 3 is 1.87 bits per heavy atom. The maximum absolute atomic E-state index is 10.1. The average Bonchev–Trinajstić information content (AvgIpc) is 2.13. The molecule has 0 aromatic carbocycles. The van der Waals surface area contributed by atoms with Gasteiger partial charge < -0.3 is 19.7 Å². The summed E-state index contributed by atoms with van der Waals surface area (Å²) in [5.74, 6) is -3.95. The summed E-state index contributed by atoms with van der Waals surface area (Å²) in [5, 5.41) is 14.8. The van der Waals surface area contributed by atoms with Crippen LogP contribution in [0.1, 0.15) is 20.3 Å². The Bertz CT molecular complexity index is 199.